The first-order valence-electron chi connectivity index (χ1n) is 4.54. The Bertz CT molecular complexity index is 332. The molecule has 1 aromatic heterocycles. The molecule has 4 nitrogen and oxygen atoms in total. The van der Waals surface area contributed by atoms with Gasteiger partial charge in [-0.15, -0.1) is 0 Å². The van der Waals surface area contributed by atoms with E-state index in [0.717, 1.165) is 12.7 Å². The molecule has 1 rings (SSSR count). The molecule has 6 heteroatoms. The van der Waals surface area contributed by atoms with E-state index in [1.54, 1.807) is 11.9 Å². The number of nitrogens with zero attached hydrogens (tertiary/aromatic N) is 4. The van der Waals surface area contributed by atoms with Crippen molar-refractivity contribution in [3.63, 3.8) is 0 Å². The Labute approximate surface area is 93.7 Å². The van der Waals surface area contributed by atoms with E-state index in [1.807, 2.05) is 19.0 Å². The second-order valence-electron chi connectivity index (χ2n) is 3.54. The molecule has 0 aliphatic carbocycles. The Morgan fingerprint density at radius 3 is 2.60 bits per heavy atom. The fourth-order valence-electron chi connectivity index (χ4n) is 1.06. The number of anilines is 1. The molecule has 0 saturated carbocycles. The van der Waals surface area contributed by atoms with Gasteiger partial charge in [0.15, 0.2) is 11.6 Å². The van der Waals surface area contributed by atoms with Crippen molar-refractivity contribution in [1.29, 1.82) is 0 Å². The van der Waals surface area contributed by atoms with Gasteiger partial charge in [-0.2, -0.15) is 4.98 Å². The van der Waals surface area contributed by atoms with E-state index in [0.29, 0.717) is 6.54 Å². The molecule has 0 amide bonds. The zero-order valence-corrected chi connectivity index (χ0v) is 9.79. The predicted octanol–water partition coefficient (Wildman–Crippen LogP) is 1.27. The van der Waals surface area contributed by atoms with Crippen LogP contribution >= 0.6 is 11.6 Å². The van der Waals surface area contributed by atoms with Crippen molar-refractivity contribution in [2.45, 2.75) is 0 Å². The highest BCUT2D eigenvalue weighted by Gasteiger charge is 2.10. The Morgan fingerprint density at radius 2 is 2.00 bits per heavy atom. The highest BCUT2D eigenvalue weighted by Crippen LogP contribution is 2.15. The van der Waals surface area contributed by atoms with E-state index in [9.17, 15) is 4.39 Å². The summed E-state index contributed by atoms with van der Waals surface area (Å²) in [4.78, 5) is 11.1. The molecule has 0 aliphatic rings. The maximum Gasteiger partial charge on any atom is 0.224 e. The summed E-state index contributed by atoms with van der Waals surface area (Å²) in [6.07, 6.45) is 1.08. The Hall–Kier alpha value is -0.940. The summed E-state index contributed by atoms with van der Waals surface area (Å²) in [5, 5.41) is 0.0584. The van der Waals surface area contributed by atoms with Crippen molar-refractivity contribution >= 4 is 17.4 Å². The van der Waals surface area contributed by atoms with Crippen LogP contribution in [0.2, 0.25) is 5.28 Å². The van der Waals surface area contributed by atoms with Crippen molar-refractivity contribution in [3.8, 4) is 0 Å². The van der Waals surface area contributed by atoms with Crippen LogP contribution in [0.5, 0.6) is 0 Å². The van der Waals surface area contributed by atoms with Crippen LogP contribution in [-0.2, 0) is 0 Å². The van der Waals surface area contributed by atoms with Crippen LogP contribution in [0.1, 0.15) is 0 Å². The van der Waals surface area contributed by atoms with Gasteiger partial charge in [-0.25, -0.2) is 9.37 Å². The molecule has 15 heavy (non-hydrogen) atoms. The van der Waals surface area contributed by atoms with Crippen molar-refractivity contribution in [2.75, 3.05) is 39.1 Å². The lowest BCUT2D eigenvalue weighted by molar-refractivity contribution is 0.415. The van der Waals surface area contributed by atoms with Crippen LogP contribution in [-0.4, -0.2) is 49.1 Å². The molecule has 0 spiro atoms. The molecule has 84 valence electrons. The number of aromatic nitrogens is 2. The van der Waals surface area contributed by atoms with Crippen LogP contribution in [0.4, 0.5) is 10.2 Å². The van der Waals surface area contributed by atoms with E-state index in [4.69, 9.17) is 11.6 Å². The summed E-state index contributed by atoms with van der Waals surface area (Å²) in [7, 11) is 5.68. The first kappa shape index (κ1) is 12.1. The third-order valence-corrected chi connectivity index (χ3v) is 2.12. The minimum atomic E-state index is -0.458. The average molecular weight is 233 g/mol. The van der Waals surface area contributed by atoms with E-state index < -0.39 is 5.82 Å². The van der Waals surface area contributed by atoms with Crippen molar-refractivity contribution in [2.24, 2.45) is 0 Å². The second kappa shape index (κ2) is 5.23. The zero-order valence-electron chi connectivity index (χ0n) is 9.04. The lowest BCUT2D eigenvalue weighted by Crippen LogP contribution is -2.29. The predicted molar refractivity (Wildman–Crippen MR) is 58.8 cm³/mol. The minimum absolute atomic E-state index is 0.0584. The molecule has 1 aromatic rings. The standard InChI is InChI=1S/C9H14ClFN4/c1-14(2)4-5-15(3)8-7(11)6-12-9(10)13-8/h6H,4-5H2,1-3H3. The summed E-state index contributed by atoms with van der Waals surface area (Å²) in [6.45, 7) is 1.49. The van der Waals surface area contributed by atoms with Gasteiger partial charge >= 0.3 is 0 Å². The molecule has 0 atom stereocenters. The van der Waals surface area contributed by atoms with Gasteiger partial charge in [0.25, 0.3) is 0 Å². The number of hydrogen-bond donors (Lipinski definition) is 0. The lowest BCUT2D eigenvalue weighted by atomic mass is 10.4. The van der Waals surface area contributed by atoms with Gasteiger partial charge in [-0.3, -0.25) is 0 Å². The molecule has 0 aliphatic heterocycles. The molecule has 0 fully saturated rings. The first-order chi connectivity index (χ1) is 7.00. The molecule has 0 saturated heterocycles. The van der Waals surface area contributed by atoms with Crippen LogP contribution < -0.4 is 4.90 Å². The van der Waals surface area contributed by atoms with Gasteiger partial charge in [-0.1, -0.05) is 0 Å². The maximum absolute atomic E-state index is 13.3. The molecular formula is C9H14ClFN4. The normalized spacial score (nSPS) is 10.8. The summed E-state index contributed by atoms with van der Waals surface area (Å²) in [5.74, 6) is -0.225. The largest absolute Gasteiger partial charge is 0.356 e. The number of rotatable bonds is 4. The molecule has 0 aromatic carbocycles. The first-order valence-corrected chi connectivity index (χ1v) is 4.92. The Balaban J connectivity index is 2.72. The number of likely N-dealkylation sites (N-methyl/N-ethyl adjacent to an activating group) is 2. The Morgan fingerprint density at radius 1 is 1.33 bits per heavy atom. The van der Waals surface area contributed by atoms with Crippen molar-refractivity contribution in [3.05, 3.63) is 17.3 Å². The third-order valence-electron chi connectivity index (χ3n) is 1.94. The molecule has 0 radical (unpaired) electrons. The van der Waals surface area contributed by atoms with Crippen LogP contribution in [0.25, 0.3) is 0 Å². The SMILES string of the molecule is CN(C)CCN(C)c1nc(Cl)ncc1F. The second-order valence-corrected chi connectivity index (χ2v) is 3.87. The highest BCUT2D eigenvalue weighted by molar-refractivity contribution is 6.28. The lowest BCUT2D eigenvalue weighted by Gasteiger charge is -2.20. The quantitative estimate of drug-likeness (QED) is 0.732. The summed E-state index contributed by atoms with van der Waals surface area (Å²) < 4.78 is 13.3. The maximum atomic E-state index is 13.3. The zero-order chi connectivity index (χ0) is 11.4. The summed E-state index contributed by atoms with van der Waals surface area (Å²) in [5.41, 5.74) is 0. The van der Waals surface area contributed by atoms with E-state index >= 15 is 0 Å². The molecule has 0 unspecified atom stereocenters. The van der Waals surface area contributed by atoms with E-state index in [1.165, 1.54) is 0 Å². The van der Waals surface area contributed by atoms with Crippen LogP contribution in [0.15, 0.2) is 6.20 Å². The fraction of sp³-hybridized carbons (Fsp3) is 0.556. The molecular weight excluding hydrogens is 219 g/mol. The van der Waals surface area contributed by atoms with Gasteiger partial charge < -0.3 is 9.80 Å². The van der Waals surface area contributed by atoms with Gasteiger partial charge in [0, 0.05) is 20.1 Å². The third kappa shape index (κ3) is 3.60. The van der Waals surface area contributed by atoms with Gasteiger partial charge in [-0.05, 0) is 25.7 Å². The smallest absolute Gasteiger partial charge is 0.224 e. The van der Waals surface area contributed by atoms with Crippen molar-refractivity contribution < 1.29 is 4.39 Å². The van der Waals surface area contributed by atoms with E-state index in [2.05, 4.69) is 9.97 Å². The monoisotopic (exact) mass is 232 g/mol. The molecule has 1 heterocycles. The Kier molecular flexibility index (Phi) is 4.23. The fourth-order valence-corrected chi connectivity index (χ4v) is 1.19. The minimum Gasteiger partial charge on any atom is -0.356 e. The van der Waals surface area contributed by atoms with Gasteiger partial charge in [0.2, 0.25) is 5.28 Å². The van der Waals surface area contributed by atoms with Crippen molar-refractivity contribution in [1.82, 2.24) is 14.9 Å². The van der Waals surface area contributed by atoms with Crippen LogP contribution in [0, 0.1) is 5.82 Å². The highest BCUT2D eigenvalue weighted by atomic mass is 35.5. The number of hydrogen-bond acceptors (Lipinski definition) is 4. The molecule has 0 N–H and O–H groups in total. The van der Waals surface area contributed by atoms with E-state index in [-0.39, 0.29) is 11.1 Å². The van der Waals surface area contributed by atoms with Crippen LogP contribution in [0.3, 0.4) is 0 Å². The van der Waals surface area contributed by atoms with Gasteiger partial charge in [0.05, 0.1) is 6.20 Å². The summed E-state index contributed by atoms with van der Waals surface area (Å²) in [6, 6.07) is 0. The average Bonchev–Trinajstić information content (AvgIpc) is 2.18. The number of halogens is 2. The topological polar surface area (TPSA) is 32.3 Å². The molecule has 0 bridgehead atoms. The van der Waals surface area contributed by atoms with Gasteiger partial charge in [0.1, 0.15) is 0 Å². The summed E-state index contributed by atoms with van der Waals surface area (Å²) >= 11 is 5.60.